The number of hydrogen-bond donors (Lipinski definition) is 0. The number of fused-ring (bicyclic) bond motifs is 9. The van der Waals surface area contributed by atoms with Gasteiger partial charge >= 0.3 is 0 Å². The second kappa shape index (κ2) is 9.55. The Hall–Kier alpha value is -6.40. The van der Waals surface area contributed by atoms with Gasteiger partial charge in [0.2, 0.25) is 5.89 Å². The van der Waals surface area contributed by atoms with E-state index in [-0.39, 0.29) is 0 Å². The molecule has 4 heterocycles. The Morgan fingerprint density at radius 3 is 2.24 bits per heavy atom. The van der Waals surface area contributed by atoms with Gasteiger partial charge in [0.05, 0.1) is 5.69 Å². The Morgan fingerprint density at radius 1 is 0.500 bits per heavy atom. The van der Waals surface area contributed by atoms with Gasteiger partial charge in [0, 0.05) is 56.5 Å². The van der Waals surface area contributed by atoms with E-state index in [1.165, 1.54) is 0 Å². The molecule has 0 aliphatic carbocycles. The smallest absolute Gasteiger partial charge is 0.228 e. The van der Waals surface area contributed by atoms with Gasteiger partial charge in [-0.2, -0.15) is 0 Å². The summed E-state index contributed by atoms with van der Waals surface area (Å²) in [4.78, 5) is 11.9. The Labute approximate surface area is 261 Å². The Bertz CT molecular complexity index is 2740. The molecular formula is C40H23N3O3. The fraction of sp³-hybridized carbons (Fsp3) is 0. The lowest BCUT2D eigenvalue weighted by atomic mass is 10.1. The molecular weight excluding hydrogens is 570 g/mol. The molecule has 0 spiro atoms. The van der Waals surface area contributed by atoms with E-state index in [2.05, 4.69) is 65.6 Å². The van der Waals surface area contributed by atoms with Gasteiger partial charge < -0.3 is 13.3 Å². The fourth-order valence-electron chi connectivity index (χ4n) is 6.62. The zero-order chi connectivity index (χ0) is 30.2. The van der Waals surface area contributed by atoms with Gasteiger partial charge in [-0.15, -0.1) is 0 Å². The molecule has 0 aliphatic rings. The number of oxazole rings is 1. The predicted octanol–water partition coefficient (Wildman–Crippen LogP) is 11.3. The minimum Gasteiger partial charge on any atom is -0.456 e. The number of para-hydroxylation sites is 3. The normalized spacial score (nSPS) is 11.9. The van der Waals surface area contributed by atoms with Crippen LogP contribution in [0.4, 0.5) is 17.2 Å². The summed E-state index contributed by atoms with van der Waals surface area (Å²) in [6.45, 7) is 0. The second-order valence-electron chi connectivity index (χ2n) is 11.4. The van der Waals surface area contributed by atoms with Crippen LogP contribution in [0.15, 0.2) is 153 Å². The van der Waals surface area contributed by atoms with Crippen molar-refractivity contribution >= 4 is 82.9 Å². The van der Waals surface area contributed by atoms with Crippen LogP contribution in [-0.2, 0) is 0 Å². The molecule has 10 aromatic rings. The number of furan rings is 2. The third-order valence-corrected chi connectivity index (χ3v) is 8.74. The Balaban J connectivity index is 1.15. The number of aromatic nitrogens is 2. The number of pyridine rings is 1. The van der Waals surface area contributed by atoms with Crippen LogP contribution in [0, 0.1) is 0 Å². The maximum atomic E-state index is 6.54. The monoisotopic (exact) mass is 593 g/mol. The van der Waals surface area contributed by atoms with Crippen molar-refractivity contribution in [1.82, 2.24) is 9.97 Å². The van der Waals surface area contributed by atoms with Gasteiger partial charge in [-0.25, -0.2) is 9.97 Å². The molecule has 0 unspecified atom stereocenters. The van der Waals surface area contributed by atoms with E-state index in [4.69, 9.17) is 23.2 Å². The number of nitrogens with zero attached hydrogens (tertiary/aromatic N) is 3. The van der Waals surface area contributed by atoms with Crippen LogP contribution in [0.25, 0.3) is 77.2 Å². The highest BCUT2D eigenvalue weighted by atomic mass is 16.4. The summed E-state index contributed by atoms with van der Waals surface area (Å²) in [5.74, 6) is 1.28. The zero-order valence-corrected chi connectivity index (χ0v) is 24.3. The maximum absolute atomic E-state index is 6.54. The number of hydrogen-bond acceptors (Lipinski definition) is 6. The van der Waals surface area contributed by atoms with Crippen molar-refractivity contribution in [2.45, 2.75) is 0 Å². The van der Waals surface area contributed by atoms with Crippen LogP contribution in [0.3, 0.4) is 0 Å². The van der Waals surface area contributed by atoms with Crippen molar-refractivity contribution < 1.29 is 13.3 Å². The molecule has 0 bridgehead atoms. The zero-order valence-electron chi connectivity index (χ0n) is 24.3. The first-order chi connectivity index (χ1) is 22.8. The molecule has 46 heavy (non-hydrogen) atoms. The molecule has 0 aliphatic heterocycles. The minimum absolute atomic E-state index is 0.552. The minimum atomic E-state index is 0.552. The van der Waals surface area contributed by atoms with Crippen molar-refractivity contribution in [1.29, 1.82) is 0 Å². The molecule has 4 aromatic heterocycles. The van der Waals surface area contributed by atoms with Crippen LogP contribution in [0.5, 0.6) is 0 Å². The van der Waals surface area contributed by atoms with Gasteiger partial charge in [-0.3, -0.25) is 4.90 Å². The summed E-state index contributed by atoms with van der Waals surface area (Å²) < 4.78 is 19.1. The topological polar surface area (TPSA) is 68.4 Å². The third kappa shape index (κ3) is 3.70. The molecule has 10 rings (SSSR count). The van der Waals surface area contributed by atoms with Crippen molar-refractivity contribution in [3.8, 4) is 11.5 Å². The first-order valence-electron chi connectivity index (χ1n) is 15.1. The van der Waals surface area contributed by atoms with E-state index in [1.54, 1.807) is 0 Å². The van der Waals surface area contributed by atoms with E-state index in [9.17, 15) is 0 Å². The van der Waals surface area contributed by atoms with Crippen LogP contribution in [0.1, 0.15) is 0 Å². The van der Waals surface area contributed by atoms with Gasteiger partial charge in [0.25, 0.3) is 0 Å². The summed E-state index contributed by atoms with van der Waals surface area (Å²) in [6, 6.07) is 44.9. The average molecular weight is 594 g/mol. The first kappa shape index (κ1) is 25.0. The van der Waals surface area contributed by atoms with Gasteiger partial charge in [0.15, 0.2) is 5.58 Å². The second-order valence-corrected chi connectivity index (χ2v) is 11.4. The highest BCUT2D eigenvalue weighted by molar-refractivity contribution is 6.16. The summed E-state index contributed by atoms with van der Waals surface area (Å²) in [7, 11) is 0. The van der Waals surface area contributed by atoms with Crippen LogP contribution in [-0.4, -0.2) is 9.97 Å². The van der Waals surface area contributed by atoms with E-state index in [0.717, 1.165) is 88.5 Å². The summed E-state index contributed by atoms with van der Waals surface area (Å²) >= 11 is 0. The average Bonchev–Trinajstić information content (AvgIpc) is 3.81. The molecule has 216 valence electrons. The standard InChI is InChI=1S/C40H23N3O3/c1-2-10-25(11-3-1)43(26-18-20-28-29-19-17-24-9-4-5-12-27(24)39(29)45-35(28)21-26)37-22-36-31(23-41-37)38-30(13-8-16-34(38)44-36)40-42-32-14-6-7-15-33(32)46-40/h1-23H. The van der Waals surface area contributed by atoms with E-state index in [0.29, 0.717) is 5.89 Å². The van der Waals surface area contributed by atoms with Crippen molar-refractivity contribution in [3.63, 3.8) is 0 Å². The van der Waals surface area contributed by atoms with Crippen LogP contribution in [0.2, 0.25) is 0 Å². The van der Waals surface area contributed by atoms with E-state index >= 15 is 0 Å². The number of benzene rings is 6. The van der Waals surface area contributed by atoms with Gasteiger partial charge in [-0.1, -0.05) is 66.7 Å². The van der Waals surface area contributed by atoms with Crippen molar-refractivity contribution in [2.75, 3.05) is 4.90 Å². The summed E-state index contributed by atoms with van der Waals surface area (Å²) in [5, 5.41) is 6.25. The largest absolute Gasteiger partial charge is 0.456 e. The Morgan fingerprint density at radius 2 is 1.30 bits per heavy atom. The fourth-order valence-corrected chi connectivity index (χ4v) is 6.62. The molecule has 6 aromatic carbocycles. The molecule has 0 N–H and O–H groups in total. The highest BCUT2D eigenvalue weighted by Gasteiger charge is 2.21. The number of anilines is 3. The summed E-state index contributed by atoms with van der Waals surface area (Å²) in [5.41, 5.74) is 7.51. The molecule has 0 saturated carbocycles. The highest BCUT2D eigenvalue weighted by Crippen LogP contribution is 2.42. The molecule has 0 atom stereocenters. The predicted molar refractivity (Wildman–Crippen MR) is 184 cm³/mol. The lowest BCUT2D eigenvalue weighted by Crippen LogP contribution is -2.11. The molecule has 6 nitrogen and oxygen atoms in total. The van der Waals surface area contributed by atoms with Crippen molar-refractivity contribution in [3.05, 3.63) is 140 Å². The maximum Gasteiger partial charge on any atom is 0.228 e. The van der Waals surface area contributed by atoms with E-state index in [1.807, 2.05) is 79.0 Å². The molecule has 0 radical (unpaired) electrons. The van der Waals surface area contributed by atoms with E-state index < -0.39 is 0 Å². The van der Waals surface area contributed by atoms with Crippen molar-refractivity contribution in [2.24, 2.45) is 0 Å². The quantitative estimate of drug-likeness (QED) is 0.202. The number of rotatable bonds is 4. The van der Waals surface area contributed by atoms with Crippen LogP contribution >= 0.6 is 0 Å². The lowest BCUT2D eigenvalue weighted by Gasteiger charge is -2.24. The molecule has 0 fully saturated rings. The van der Waals surface area contributed by atoms with Gasteiger partial charge in [0.1, 0.15) is 33.7 Å². The lowest BCUT2D eigenvalue weighted by molar-refractivity contribution is 0.620. The Kier molecular flexibility index (Phi) is 5.19. The van der Waals surface area contributed by atoms with Crippen LogP contribution < -0.4 is 4.90 Å². The molecule has 0 saturated heterocycles. The molecule has 6 heteroatoms. The van der Waals surface area contributed by atoms with Gasteiger partial charge in [-0.05, 0) is 60.0 Å². The first-order valence-corrected chi connectivity index (χ1v) is 15.1. The SMILES string of the molecule is c1ccc(N(c2ccc3c(c2)oc2c4ccccc4ccc32)c2cc3oc4cccc(-c5nc6ccccc6o5)c4c3cn2)cc1. The summed E-state index contributed by atoms with van der Waals surface area (Å²) in [6.07, 6.45) is 1.88. The third-order valence-electron chi connectivity index (χ3n) is 8.74. The molecule has 0 amide bonds.